The van der Waals surface area contributed by atoms with Crippen LogP contribution < -0.4 is 10.1 Å². The summed E-state index contributed by atoms with van der Waals surface area (Å²) in [4.78, 5) is 0. The Bertz CT molecular complexity index is 374. The summed E-state index contributed by atoms with van der Waals surface area (Å²) in [6.45, 7) is 4.61. The smallest absolute Gasteiger partial charge is 0.123 e. The summed E-state index contributed by atoms with van der Waals surface area (Å²) in [6.07, 6.45) is 0. The van der Waals surface area contributed by atoms with Crippen LogP contribution >= 0.6 is 11.6 Å². The molecular weight excluding hydrogens is 266 g/mol. The summed E-state index contributed by atoms with van der Waals surface area (Å²) in [7, 11) is 3.31. The van der Waals surface area contributed by atoms with Crippen molar-refractivity contribution in [1.82, 2.24) is 5.32 Å². The van der Waals surface area contributed by atoms with Gasteiger partial charge in [0.25, 0.3) is 0 Å². The normalized spacial score (nSPS) is 12.4. The molecule has 1 atom stereocenters. The zero-order valence-electron chi connectivity index (χ0n) is 11.7. The van der Waals surface area contributed by atoms with Crippen LogP contribution in [0, 0.1) is 0 Å². The van der Waals surface area contributed by atoms with Crippen LogP contribution in [0.15, 0.2) is 18.2 Å². The fourth-order valence-corrected chi connectivity index (χ4v) is 2.01. The quantitative estimate of drug-likeness (QED) is 0.709. The number of likely N-dealkylation sites (N-methyl/N-ethyl adjacent to an activating group) is 1. The lowest BCUT2D eigenvalue weighted by atomic mass is 10.1. The van der Waals surface area contributed by atoms with Gasteiger partial charge in [-0.15, -0.1) is 0 Å². The van der Waals surface area contributed by atoms with Crippen molar-refractivity contribution in [3.8, 4) is 5.75 Å². The molecule has 0 aromatic heterocycles. The highest BCUT2D eigenvalue weighted by Crippen LogP contribution is 2.28. The molecule has 0 heterocycles. The third kappa shape index (κ3) is 5.37. The second-order valence-corrected chi connectivity index (χ2v) is 4.50. The number of benzene rings is 1. The molecule has 0 bridgehead atoms. The molecule has 1 aromatic carbocycles. The van der Waals surface area contributed by atoms with Gasteiger partial charge >= 0.3 is 0 Å². The van der Waals surface area contributed by atoms with Crippen molar-refractivity contribution in [2.24, 2.45) is 0 Å². The Labute approximate surface area is 120 Å². The Morgan fingerprint density at radius 1 is 1.26 bits per heavy atom. The fourth-order valence-electron chi connectivity index (χ4n) is 1.83. The molecule has 0 aliphatic rings. The van der Waals surface area contributed by atoms with E-state index in [0.717, 1.165) is 17.9 Å². The first-order valence-electron chi connectivity index (χ1n) is 6.36. The minimum atomic E-state index is 0.0514. The average Bonchev–Trinajstić information content (AvgIpc) is 2.42. The van der Waals surface area contributed by atoms with Gasteiger partial charge < -0.3 is 19.5 Å². The molecule has 0 aliphatic heterocycles. The number of rotatable bonds is 9. The lowest BCUT2D eigenvalue weighted by Crippen LogP contribution is -2.26. The molecular formula is C14H22ClNO3. The van der Waals surface area contributed by atoms with Crippen molar-refractivity contribution in [1.29, 1.82) is 0 Å². The van der Waals surface area contributed by atoms with Crippen LogP contribution in [0.5, 0.6) is 5.75 Å². The number of halogens is 1. The molecule has 1 N–H and O–H groups in total. The highest BCUT2D eigenvalue weighted by molar-refractivity contribution is 6.30. The van der Waals surface area contributed by atoms with E-state index in [4.69, 9.17) is 25.8 Å². The van der Waals surface area contributed by atoms with Gasteiger partial charge in [-0.3, -0.25) is 0 Å². The second-order valence-electron chi connectivity index (χ2n) is 4.06. The first-order chi connectivity index (χ1) is 9.22. The number of hydrogen-bond donors (Lipinski definition) is 1. The minimum absolute atomic E-state index is 0.0514. The van der Waals surface area contributed by atoms with Crippen LogP contribution in [0.2, 0.25) is 5.02 Å². The maximum Gasteiger partial charge on any atom is 0.123 e. The van der Waals surface area contributed by atoms with E-state index in [1.165, 1.54) is 0 Å². The summed E-state index contributed by atoms with van der Waals surface area (Å²) in [5, 5.41) is 4.06. The van der Waals surface area contributed by atoms with Gasteiger partial charge in [-0.2, -0.15) is 0 Å². The first-order valence-corrected chi connectivity index (χ1v) is 6.74. The summed E-state index contributed by atoms with van der Waals surface area (Å²) in [5.41, 5.74) is 1.01. The van der Waals surface area contributed by atoms with E-state index < -0.39 is 0 Å². The number of methoxy groups -OCH3 is 2. The van der Waals surface area contributed by atoms with Crippen LogP contribution in [-0.2, 0) is 9.47 Å². The van der Waals surface area contributed by atoms with Crippen molar-refractivity contribution in [3.05, 3.63) is 28.8 Å². The number of nitrogens with one attached hydrogen (secondary N) is 1. The number of hydrogen-bond acceptors (Lipinski definition) is 4. The molecule has 0 saturated carbocycles. The Morgan fingerprint density at radius 2 is 2.05 bits per heavy atom. The molecule has 0 radical (unpaired) electrons. The molecule has 0 amide bonds. The Kier molecular flexibility index (Phi) is 7.82. The lowest BCUT2D eigenvalue weighted by Gasteiger charge is -2.21. The largest absolute Gasteiger partial charge is 0.496 e. The maximum atomic E-state index is 6.06. The monoisotopic (exact) mass is 287 g/mol. The molecule has 0 aliphatic carbocycles. The highest BCUT2D eigenvalue weighted by Gasteiger charge is 2.16. The second kappa shape index (κ2) is 9.15. The molecule has 4 nitrogen and oxygen atoms in total. The molecule has 5 heteroatoms. The molecule has 0 saturated heterocycles. The van der Waals surface area contributed by atoms with Crippen molar-refractivity contribution in [2.45, 2.75) is 13.0 Å². The van der Waals surface area contributed by atoms with E-state index in [2.05, 4.69) is 12.2 Å². The van der Waals surface area contributed by atoms with E-state index in [0.29, 0.717) is 24.8 Å². The van der Waals surface area contributed by atoms with Gasteiger partial charge in [0.15, 0.2) is 0 Å². The molecule has 108 valence electrons. The third-order valence-corrected chi connectivity index (χ3v) is 2.97. The highest BCUT2D eigenvalue weighted by atomic mass is 35.5. The predicted octanol–water partition coefficient (Wildman–Crippen LogP) is 2.66. The fraction of sp³-hybridized carbons (Fsp3) is 0.571. The van der Waals surface area contributed by atoms with E-state index in [-0.39, 0.29) is 6.04 Å². The zero-order chi connectivity index (χ0) is 14.1. The summed E-state index contributed by atoms with van der Waals surface area (Å²) >= 11 is 6.06. The maximum absolute atomic E-state index is 6.06. The Balaban J connectivity index is 2.76. The SMILES string of the molecule is CCNC(COCCOC)c1cc(Cl)ccc1OC. The Hall–Kier alpha value is -0.810. The third-order valence-electron chi connectivity index (χ3n) is 2.73. The van der Waals surface area contributed by atoms with Crippen LogP contribution in [-0.4, -0.2) is 40.6 Å². The van der Waals surface area contributed by atoms with Crippen LogP contribution in [0.25, 0.3) is 0 Å². The van der Waals surface area contributed by atoms with Gasteiger partial charge in [-0.1, -0.05) is 18.5 Å². The van der Waals surface area contributed by atoms with Crippen molar-refractivity contribution >= 4 is 11.6 Å². The van der Waals surface area contributed by atoms with Gasteiger partial charge in [-0.05, 0) is 24.7 Å². The van der Waals surface area contributed by atoms with Crippen LogP contribution in [0.3, 0.4) is 0 Å². The molecule has 0 fully saturated rings. The Morgan fingerprint density at radius 3 is 2.68 bits per heavy atom. The van der Waals surface area contributed by atoms with Crippen molar-refractivity contribution in [3.63, 3.8) is 0 Å². The van der Waals surface area contributed by atoms with Crippen LogP contribution in [0.4, 0.5) is 0 Å². The van der Waals surface area contributed by atoms with Crippen molar-refractivity contribution < 1.29 is 14.2 Å². The predicted molar refractivity (Wildman–Crippen MR) is 77.1 cm³/mol. The van der Waals surface area contributed by atoms with Gasteiger partial charge in [0.1, 0.15) is 5.75 Å². The zero-order valence-corrected chi connectivity index (χ0v) is 12.5. The summed E-state index contributed by atoms with van der Waals surface area (Å²) < 4.78 is 15.9. The van der Waals surface area contributed by atoms with E-state index in [1.807, 2.05) is 18.2 Å². The first kappa shape index (κ1) is 16.2. The lowest BCUT2D eigenvalue weighted by molar-refractivity contribution is 0.0584. The standard InChI is InChI=1S/C14H22ClNO3/c1-4-16-13(10-19-8-7-17-2)12-9-11(15)5-6-14(12)18-3/h5-6,9,13,16H,4,7-8,10H2,1-3H3. The van der Waals surface area contributed by atoms with Gasteiger partial charge in [0.05, 0.1) is 33.0 Å². The summed E-state index contributed by atoms with van der Waals surface area (Å²) in [6, 6.07) is 5.65. The van der Waals surface area contributed by atoms with Crippen LogP contribution in [0.1, 0.15) is 18.5 Å². The average molecular weight is 288 g/mol. The summed E-state index contributed by atoms with van der Waals surface area (Å²) in [5.74, 6) is 0.811. The molecule has 19 heavy (non-hydrogen) atoms. The molecule has 1 aromatic rings. The van der Waals surface area contributed by atoms with E-state index in [9.17, 15) is 0 Å². The van der Waals surface area contributed by atoms with Gasteiger partial charge in [0.2, 0.25) is 0 Å². The van der Waals surface area contributed by atoms with E-state index >= 15 is 0 Å². The topological polar surface area (TPSA) is 39.7 Å². The molecule has 0 spiro atoms. The number of ether oxygens (including phenoxy) is 3. The van der Waals surface area contributed by atoms with Crippen molar-refractivity contribution in [2.75, 3.05) is 40.6 Å². The van der Waals surface area contributed by atoms with Gasteiger partial charge in [-0.25, -0.2) is 0 Å². The van der Waals surface area contributed by atoms with Gasteiger partial charge in [0, 0.05) is 17.7 Å². The van der Waals surface area contributed by atoms with E-state index in [1.54, 1.807) is 14.2 Å². The minimum Gasteiger partial charge on any atom is -0.496 e. The molecule has 1 rings (SSSR count). The molecule has 1 unspecified atom stereocenters.